The second-order valence-electron chi connectivity index (χ2n) is 8.13. The molecule has 7 heteroatoms. The average molecular weight is 445 g/mol. The minimum Gasteiger partial charge on any atom is -0.462 e. The highest BCUT2D eigenvalue weighted by Crippen LogP contribution is 2.26. The fourth-order valence-corrected chi connectivity index (χ4v) is 3.30. The van der Waals surface area contributed by atoms with E-state index in [9.17, 15) is 9.18 Å². The molecule has 1 N–H and O–H groups in total. The van der Waals surface area contributed by atoms with Crippen molar-refractivity contribution in [3.63, 3.8) is 0 Å². The van der Waals surface area contributed by atoms with Crippen LogP contribution < -0.4 is 10.1 Å². The zero-order chi connectivity index (χ0) is 23.4. The lowest BCUT2D eigenvalue weighted by Gasteiger charge is -2.10. The van der Waals surface area contributed by atoms with Gasteiger partial charge in [-0.2, -0.15) is 4.98 Å². The summed E-state index contributed by atoms with van der Waals surface area (Å²) in [5.74, 6) is 0.0512. The molecular weight excluding hydrogens is 419 g/mol. The van der Waals surface area contributed by atoms with Crippen LogP contribution in [-0.4, -0.2) is 27.3 Å². The fourth-order valence-electron chi connectivity index (χ4n) is 3.30. The predicted molar refractivity (Wildman–Crippen MR) is 126 cm³/mol. The zero-order valence-corrected chi connectivity index (χ0v) is 18.7. The number of benzene rings is 3. The number of anilines is 1. The van der Waals surface area contributed by atoms with Crippen LogP contribution in [0.25, 0.3) is 17.1 Å². The molecule has 0 aliphatic rings. The third-order valence-electron chi connectivity index (χ3n) is 5.01. The molecule has 168 valence electrons. The van der Waals surface area contributed by atoms with E-state index >= 15 is 0 Å². The Balaban J connectivity index is 1.63. The number of amides is 1. The van der Waals surface area contributed by atoms with E-state index in [1.54, 1.807) is 53.2 Å². The summed E-state index contributed by atoms with van der Waals surface area (Å²) >= 11 is 0. The quantitative estimate of drug-likeness (QED) is 0.399. The van der Waals surface area contributed by atoms with E-state index in [4.69, 9.17) is 4.74 Å². The van der Waals surface area contributed by atoms with Gasteiger partial charge in [0.25, 0.3) is 5.91 Å². The Morgan fingerprint density at radius 2 is 1.73 bits per heavy atom. The van der Waals surface area contributed by atoms with Gasteiger partial charge >= 0.3 is 6.01 Å². The second-order valence-corrected chi connectivity index (χ2v) is 8.13. The van der Waals surface area contributed by atoms with Crippen molar-refractivity contribution >= 4 is 11.6 Å². The van der Waals surface area contributed by atoms with E-state index in [-0.39, 0.29) is 11.9 Å². The van der Waals surface area contributed by atoms with Crippen LogP contribution in [0.1, 0.15) is 29.8 Å². The van der Waals surface area contributed by atoms with Gasteiger partial charge in [-0.05, 0) is 60.9 Å². The number of aryl methyl sites for hydroxylation is 1. The SMILES string of the molecule is Cc1ccccc1C(=O)Nc1ccc(-n2nc(OCC(C)C)nc2-c2ccccc2F)cc1. The highest BCUT2D eigenvalue weighted by atomic mass is 19.1. The molecule has 0 saturated carbocycles. The molecule has 0 saturated heterocycles. The molecule has 0 atom stereocenters. The maximum absolute atomic E-state index is 14.5. The molecule has 0 aliphatic carbocycles. The largest absolute Gasteiger partial charge is 0.462 e. The molecule has 0 radical (unpaired) electrons. The Labute approximate surface area is 192 Å². The number of hydrogen-bond donors (Lipinski definition) is 1. The summed E-state index contributed by atoms with van der Waals surface area (Å²) in [7, 11) is 0. The topological polar surface area (TPSA) is 69.0 Å². The first-order valence-corrected chi connectivity index (χ1v) is 10.7. The smallest absolute Gasteiger partial charge is 0.336 e. The molecule has 4 aromatic rings. The lowest BCUT2D eigenvalue weighted by atomic mass is 10.1. The molecule has 33 heavy (non-hydrogen) atoms. The number of nitrogens with one attached hydrogen (secondary N) is 1. The summed E-state index contributed by atoms with van der Waals surface area (Å²) in [5, 5.41) is 7.35. The zero-order valence-electron chi connectivity index (χ0n) is 18.7. The van der Waals surface area contributed by atoms with E-state index in [0.29, 0.717) is 40.9 Å². The third-order valence-corrected chi connectivity index (χ3v) is 5.01. The van der Waals surface area contributed by atoms with E-state index < -0.39 is 5.82 Å². The van der Waals surface area contributed by atoms with Crippen LogP contribution in [-0.2, 0) is 0 Å². The number of rotatable bonds is 7. The normalized spacial score (nSPS) is 10.9. The molecule has 1 amide bonds. The Morgan fingerprint density at radius 3 is 2.42 bits per heavy atom. The van der Waals surface area contributed by atoms with Gasteiger partial charge in [-0.25, -0.2) is 9.07 Å². The van der Waals surface area contributed by atoms with Gasteiger partial charge < -0.3 is 10.1 Å². The Kier molecular flexibility index (Phi) is 6.49. The van der Waals surface area contributed by atoms with Gasteiger partial charge in [0.15, 0.2) is 5.82 Å². The molecule has 0 spiro atoms. The van der Waals surface area contributed by atoms with Crippen molar-refractivity contribution in [3.8, 4) is 23.1 Å². The van der Waals surface area contributed by atoms with Crippen LogP contribution >= 0.6 is 0 Å². The molecule has 1 heterocycles. The summed E-state index contributed by atoms with van der Waals surface area (Å²) in [5.41, 5.74) is 3.13. The van der Waals surface area contributed by atoms with Crippen molar-refractivity contribution in [3.05, 3.63) is 89.7 Å². The van der Waals surface area contributed by atoms with Crippen LogP contribution in [0.15, 0.2) is 72.8 Å². The summed E-state index contributed by atoms with van der Waals surface area (Å²) in [6.07, 6.45) is 0. The standard InChI is InChI=1S/C26H25FN4O2/c1-17(2)16-33-26-29-24(22-10-6-7-11-23(22)27)31(30-26)20-14-12-19(13-15-20)28-25(32)21-9-5-4-8-18(21)3/h4-15,17H,16H2,1-3H3,(H,28,32). The first-order chi connectivity index (χ1) is 15.9. The van der Waals surface area contributed by atoms with Crippen LogP contribution in [0.2, 0.25) is 0 Å². The van der Waals surface area contributed by atoms with Gasteiger partial charge in [0.05, 0.1) is 17.9 Å². The van der Waals surface area contributed by atoms with Crippen molar-refractivity contribution in [1.29, 1.82) is 0 Å². The first kappa shape index (κ1) is 22.2. The van der Waals surface area contributed by atoms with Crippen LogP contribution in [0.5, 0.6) is 6.01 Å². The minimum absolute atomic E-state index is 0.180. The van der Waals surface area contributed by atoms with Crippen LogP contribution in [0.4, 0.5) is 10.1 Å². The van der Waals surface area contributed by atoms with Gasteiger partial charge in [-0.15, -0.1) is 5.10 Å². The monoisotopic (exact) mass is 444 g/mol. The van der Waals surface area contributed by atoms with Gasteiger partial charge in [0, 0.05) is 11.3 Å². The fraction of sp³-hybridized carbons (Fsp3) is 0.192. The van der Waals surface area contributed by atoms with E-state index in [1.165, 1.54) is 6.07 Å². The van der Waals surface area contributed by atoms with Crippen LogP contribution in [0, 0.1) is 18.7 Å². The van der Waals surface area contributed by atoms with E-state index in [1.807, 2.05) is 39.0 Å². The third kappa shape index (κ3) is 5.09. The summed E-state index contributed by atoms with van der Waals surface area (Å²) < 4.78 is 21.8. The number of ether oxygens (including phenoxy) is 1. The van der Waals surface area contributed by atoms with Crippen molar-refractivity contribution < 1.29 is 13.9 Å². The first-order valence-electron chi connectivity index (χ1n) is 10.7. The highest BCUT2D eigenvalue weighted by Gasteiger charge is 2.18. The molecular formula is C26H25FN4O2. The lowest BCUT2D eigenvalue weighted by Crippen LogP contribution is -2.13. The molecule has 1 aromatic heterocycles. The van der Waals surface area contributed by atoms with E-state index in [2.05, 4.69) is 15.4 Å². The van der Waals surface area contributed by atoms with Crippen molar-refractivity contribution in [2.75, 3.05) is 11.9 Å². The van der Waals surface area contributed by atoms with Crippen molar-refractivity contribution in [2.45, 2.75) is 20.8 Å². The van der Waals surface area contributed by atoms with Gasteiger partial charge in [-0.1, -0.05) is 44.2 Å². The van der Waals surface area contributed by atoms with Gasteiger partial charge in [-0.3, -0.25) is 4.79 Å². The Hall–Kier alpha value is -4.00. The van der Waals surface area contributed by atoms with Crippen molar-refractivity contribution in [2.24, 2.45) is 5.92 Å². The average Bonchev–Trinajstić information content (AvgIpc) is 3.23. The van der Waals surface area contributed by atoms with Gasteiger partial charge in [0.2, 0.25) is 0 Å². The number of hydrogen-bond acceptors (Lipinski definition) is 4. The van der Waals surface area contributed by atoms with E-state index in [0.717, 1.165) is 5.56 Å². The summed E-state index contributed by atoms with van der Waals surface area (Å²) in [6, 6.07) is 21.1. The van der Waals surface area contributed by atoms with Gasteiger partial charge in [0.1, 0.15) is 5.82 Å². The maximum atomic E-state index is 14.5. The lowest BCUT2D eigenvalue weighted by molar-refractivity contribution is 0.102. The predicted octanol–water partition coefficient (Wildman–Crippen LogP) is 5.67. The highest BCUT2D eigenvalue weighted by molar-refractivity contribution is 6.05. The number of carbonyl (C=O) groups is 1. The molecule has 0 bridgehead atoms. The number of nitrogens with zero attached hydrogens (tertiary/aromatic N) is 3. The maximum Gasteiger partial charge on any atom is 0.336 e. The Morgan fingerprint density at radius 1 is 1.03 bits per heavy atom. The number of aromatic nitrogens is 3. The van der Waals surface area contributed by atoms with Crippen LogP contribution in [0.3, 0.4) is 0 Å². The summed E-state index contributed by atoms with van der Waals surface area (Å²) in [6.45, 7) is 6.40. The number of halogens is 1. The molecule has 0 fully saturated rings. The minimum atomic E-state index is -0.399. The molecule has 0 aliphatic heterocycles. The number of carbonyl (C=O) groups excluding carboxylic acids is 1. The molecule has 6 nitrogen and oxygen atoms in total. The molecule has 4 rings (SSSR count). The Bertz CT molecular complexity index is 1270. The molecule has 0 unspecified atom stereocenters. The summed E-state index contributed by atoms with van der Waals surface area (Å²) in [4.78, 5) is 17.0. The molecule has 3 aromatic carbocycles. The van der Waals surface area contributed by atoms with Crippen molar-refractivity contribution in [1.82, 2.24) is 14.8 Å². The second kappa shape index (κ2) is 9.65.